The van der Waals surface area contributed by atoms with Crippen molar-refractivity contribution in [2.45, 2.75) is 51.0 Å². The molecule has 0 unspecified atom stereocenters. The van der Waals surface area contributed by atoms with Crippen LogP contribution in [-0.4, -0.2) is 21.6 Å². The van der Waals surface area contributed by atoms with Crippen LogP contribution in [0.3, 0.4) is 0 Å². The normalized spacial score (nSPS) is 18.3. The maximum absolute atomic E-state index is 11.1. The molecule has 18 heavy (non-hydrogen) atoms. The maximum atomic E-state index is 11.1. The standard InChI is InChI=1S/C14H20N2O2/c1-11-9-12(5-8-15-11)16-14(10-13(17)18)6-3-2-4-7-14/h5,8-9H,2-4,6-7,10H2,1H3,(H,15,16)(H,17,18). The molecule has 1 aromatic rings. The highest BCUT2D eigenvalue weighted by Crippen LogP contribution is 2.34. The van der Waals surface area contributed by atoms with Gasteiger partial charge in [-0.25, -0.2) is 0 Å². The number of carboxylic acids is 1. The van der Waals surface area contributed by atoms with Crippen LogP contribution in [0.5, 0.6) is 0 Å². The van der Waals surface area contributed by atoms with E-state index in [0.29, 0.717) is 0 Å². The van der Waals surface area contributed by atoms with Crippen LogP contribution in [0.4, 0.5) is 5.69 Å². The SMILES string of the molecule is Cc1cc(NC2(CC(=O)O)CCCCC2)ccn1. The summed E-state index contributed by atoms with van der Waals surface area (Å²) in [7, 11) is 0. The molecule has 1 aromatic heterocycles. The van der Waals surface area contributed by atoms with Crippen molar-refractivity contribution in [3.05, 3.63) is 24.0 Å². The molecular formula is C14H20N2O2. The summed E-state index contributed by atoms with van der Waals surface area (Å²) in [5.41, 5.74) is 1.64. The molecule has 1 fully saturated rings. The molecule has 0 saturated heterocycles. The third-order valence-electron chi connectivity index (χ3n) is 3.61. The van der Waals surface area contributed by atoms with Gasteiger partial charge in [-0.05, 0) is 31.9 Å². The van der Waals surface area contributed by atoms with Gasteiger partial charge in [-0.15, -0.1) is 0 Å². The molecule has 0 radical (unpaired) electrons. The van der Waals surface area contributed by atoms with E-state index in [9.17, 15) is 4.79 Å². The number of hydrogen-bond acceptors (Lipinski definition) is 3. The minimum atomic E-state index is -0.727. The van der Waals surface area contributed by atoms with Gasteiger partial charge in [0.1, 0.15) is 0 Å². The van der Waals surface area contributed by atoms with Gasteiger partial charge in [0, 0.05) is 23.1 Å². The van der Waals surface area contributed by atoms with Crippen molar-refractivity contribution < 1.29 is 9.90 Å². The summed E-state index contributed by atoms with van der Waals surface area (Å²) in [6, 6.07) is 3.88. The lowest BCUT2D eigenvalue weighted by molar-refractivity contribution is -0.138. The summed E-state index contributed by atoms with van der Waals surface area (Å²) < 4.78 is 0. The molecule has 1 heterocycles. The number of aryl methyl sites for hydroxylation is 1. The average Bonchev–Trinajstić information content (AvgIpc) is 2.28. The van der Waals surface area contributed by atoms with E-state index in [0.717, 1.165) is 37.1 Å². The van der Waals surface area contributed by atoms with Gasteiger partial charge in [0.25, 0.3) is 0 Å². The summed E-state index contributed by atoms with van der Waals surface area (Å²) >= 11 is 0. The molecule has 4 nitrogen and oxygen atoms in total. The van der Waals surface area contributed by atoms with Gasteiger partial charge in [-0.2, -0.15) is 0 Å². The minimum absolute atomic E-state index is 0.189. The quantitative estimate of drug-likeness (QED) is 0.860. The molecule has 2 rings (SSSR count). The van der Waals surface area contributed by atoms with Crippen LogP contribution in [0.25, 0.3) is 0 Å². The Kier molecular flexibility index (Phi) is 3.84. The van der Waals surface area contributed by atoms with Crippen LogP contribution in [0.1, 0.15) is 44.2 Å². The summed E-state index contributed by atoms with van der Waals surface area (Å²) in [4.78, 5) is 15.2. The van der Waals surface area contributed by atoms with E-state index in [4.69, 9.17) is 5.11 Å². The maximum Gasteiger partial charge on any atom is 0.305 e. The number of anilines is 1. The molecular weight excluding hydrogens is 228 g/mol. The lowest BCUT2D eigenvalue weighted by Gasteiger charge is -2.38. The number of rotatable bonds is 4. The third kappa shape index (κ3) is 3.22. The average molecular weight is 248 g/mol. The molecule has 4 heteroatoms. The van der Waals surface area contributed by atoms with Crippen LogP contribution in [0.15, 0.2) is 18.3 Å². The van der Waals surface area contributed by atoms with E-state index in [2.05, 4.69) is 10.3 Å². The molecule has 0 aliphatic heterocycles. The van der Waals surface area contributed by atoms with Gasteiger partial charge in [-0.1, -0.05) is 19.3 Å². The van der Waals surface area contributed by atoms with Crippen molar-refractivity contribution in [3.63, 3.8) is 0 Å². The number of carbonyl (C=O) groups is 1. The number of aliphatic carboxylic acids is 1. The van der Waals surface area contributed by atoms with E-state index in [-0.39, 0.29) is 12.0 Å². The van der Waals surface area contributed by atoms with Crippen LogP contribution in [0, 0.1) is 6.92 Å². The molecule has 1 saturated carbocycles. The Balaban J connectivity index is 2.16. The predicted octanol–water partition coefficient (Wildman–Crippen LogP) is 2.98. The Morgan fingerprint density at radius 3 is 2.78 bits per heavy atom. The summed E-state index contributed by atoms with van der Waals surface area (Å²) in [6.45, 7) is 1.94. The van der Waals surface area contributed by atoms with Gasteiger partial charge in [-0.3, -0.25) is 9.78 Å². The lowest BCUT2D eigenvalue weighted by atomic mass is 9.79. The van der Waals surface area contributed by atoms with Crippen molar-refractivity contribution in [2.24, 2.45) is 0 Å². The number of nitrogens with zero attached hydrogens (tertiary/aromatic N) is 1. The highest BCUT2D eigenvalue weighted by molar-refractivity contribution is 5.69. The van der Waals surface area contributed by atoms with E-state index < -0.39 is 5.97 Å². The smallest absolute Gasteiger partial charge is 0.305 e. The lowest BCUT2D eigenvalue weighted by Crippen LogP contribution is -2.42. The van der Waals surface area contributed by atoms with Crippen molar-refractivity contribution in [3.8, 4) is 0 Å². The third-order valence-corrected chi connectivity index (χ3v) is 3.61. The van der Waals surface area contributed by atoms with Crippen molar-refractivity contribution in [1.29, 1.82) is 0 Å². The zero-order valence-electron chi connectivity index (χ0n) is 10.8. The predicted molar refractivity (Wildman–Crippen MR) is 70.7 cm³/mol. The van der Waals surface area contributed by atoms with E-state index in [1.165, 1.54) is 6.42 Å². The Hall–Kier alpha value is -1.58. The van der Waals surface area contributed by atoms with E-state index in [1.807, 2.05) is 19.1 Å². The zero-order valence-corrected chi connectivity index (χ0v) is 10.8. The molecule has 1 aliphatic carbocycles. The summed E-state index contributed by atoms with van der Waals surface area (Å²) in [5.74, 6) is -0.727. The van der Waals surface area contributed by atoms with E-state index in [1.54, 1.807) is 6.20 Å². The molecule has 98 valence electrons. The van der Waals surface area contributed by atoms with Crippen LogP contribution >= 0.6 is 0 Å². The first kappa shape index (κ1) is 12.9. The summed E-state index contributed by atoms with van der Waals surface area (Å²) in [5, 5.41) is 12.6. The van der Waals surface area contributed by atoms with Crippen LogP contribution in [-0.2, 0) is 4.79 Å². The van der Waals surface area contributed by atoms with Crippen LogP contribution < -0.4 is 5.32 Å². The molecule has 0 aromatic carbocycles. The number of carboxylic acid groups (broad SMARTS) is 1. The number of nitrogens with one attached hydrogen (secondary N) is 1. The van der Waals surface area contributed by atoms with Gasteiger partial charge in [0.2, 0.25) is 0 Å². The molecule has 1 aliphatic rings. The first-order chi connectivity index (χ1) is 8.60. The fourth-order valence-corrected chi connectivity index (χ4v) is 2.79. The number of pyridine rings is 1. The molecule has 2 N–H and O–H groups in total. The fraction of sp³-hybridized carbons (Fsp3) is 0.571. The topological polar surface area (TPSA) is 62.2 Å². The second-order valence-corrected chi connectivity index (χ2v) is 5.22. The Morgan fingerprint density at radius 2 is 2.17 bits per heavy atom. The first-order valence-corrected chi connectivity index (χ1v) is 6.52. The Labute approximate surface area is 107 Å². The Bertz CT molecular complexity index is 426. The van der Waals surface area contributed by atoms with Gasteiger partial charge in [0.05, 0.1) is 6.42 Å². The highest BCUT2D eigenvalue weighted by atomic mass is 16.4. The fourth-order valence-electron chi connectivity index (χ4n) is 2.79. The number of aromatic nitrogens is 1. The zero-order chi connectivity index (χ0) is 13.0. The van der Waals surface area contributed by atoms with Crippen molar-refractivity contribution >= 4 is 11.7 Å². The van der Waals surface area contributed by atoms with E-state index >= 15 is 0 Å². The number of hydrogen-bond donors (Lipinski definition) is 2. The molecule has 0 amide bonds. The van der Waals surface area contributed by atoms with Crippen LogP contribution in [0.2, 0.25) is 0 Å². The molecule has 0 bridgehead atoms. The largest absolute Gasteiger partial charge is 0.481 e. The highest BCUT2D eigenvalue weighted by Gasteiger charge is 2.34. The molecule has 0 spiro atoms. The summed E-state index contributed by atoms with van der Waals surface area (Å²) in [6.07, 6.45) is 7.22. The second-order valence-electron chi connectivity index (χ2n) is 5.22. The monoisotopic (exact) mass is 248 g/mol. The van der Waals surface area contributed by atoms with Gasteiger partial charge < -0.3 is 10.4 Å². The minimum Gasteiger partial charge on any atom is -0.481 e. The Morgan fingerprint density at radius 1 is 1.44 bits per heavy atom. The van der Waals surface area contributed by atoms with Crippen molar-refractivity contribution in [2.75, 3.05) is 5.32 Å². The van der Waals surface area contributed by atoms with Gasteiger partial charge in [0.15, 0.2) is 0 Å². The van der Waals surface area contributed by atoms with Gasteiger partial charge >= 0.3 is 5.97 Å². The second kappa shape index (κ2) is 5.38. The molecule has 0 atom stereocenters. The van der Waals surface area contributed by atoms with Crippen molar-refractivity contribution in [1.82, 2.24) is 4.98 Å². The first-order valence-electron chi connectivity index (χ1n) is 6.52.